The van der Waals surface area contributed by atoms with E-state index in [0.717, 1.165) is 18.4 Å². The van der Waals surface area contributed by atoms with Crippen LogP contribution in [-0.4, -0.2) is 19.3 Å². The van der Waals surface area contributed by atoms with Gasteiger partial charge in [0.15, 0.2) is 0 Å². The number of furan rings is 1. The van der Waals surface area contributed by atoms with Crippen molar-refractivity contribution >= 4 is 10.0 Å². The van der Waals surface area contributed by atoms with Crippen LogP contribution in [0.3, 0.4) is 0 Å². The van der Waals surface area contributed by atoms with Crippen molar-refractivity contribution in [3.8, 4) is 0 Å². The van der Waals surface area contributed by atoms with Gasteiger partial charge in [0.1, 0.15) is 5.76 Å². The molecule has 0 saturated carbocycles. The van der Waals surface area contributed by atoms with Gasteiger partial charge in [0, 0.05) is 6.54 Å². The van der Waals surface area contributed by atoms with Gasteiger partial charge >= 0.3 is 0 Å². The molecule has 1 unspecified atom stereocenters. The minimum atomic E-state index is -3.63. The molecule has 23 heavy (non-hydrogen) atoms. The topological polar surface area (TPSA) is 50.5 Å². The number of hydrogen-bond acceptors (Lipinski definition) is 3. The lowest BCUT2D eigenvalue weighted by molar-refractivity contribution is 0.282. The van der Waals surface area contributed by atoms with Gasteiger partial charge in [-0.3, -0.25) is 0 Å². The summed E-state index contributed by atoms with van der Waals surface area (Å²) in [5.74, 6) is 0.855. The Hall–Kier alpha value is -1.59. The van der Waals surface area contributed by atoms with E-state index in [0.29, 0.717) is 12.3 Å². The summed E-state index contributed by atoms with van der Waals surface area (Å²) in [5.41, 5.74) is 2.37. The summed E-state index contributed by atoms with van der Waals surface area (Å²) in [5, 5.41) is 0.0417. The SMILES string of the molecule is Cc1ccc(S(=O)(=O)N(CC(C)C)C2CCc3ccccc32)o1. The summed E-state index contributed by atoms with van der Waals surface area (Å²) in [7, 11) is -3.63. The average Bonchev–Trinajstić information content (AvgIpc) is 3.11. The molecule has 2 aromatic rings. The molecule has 1 aliphatic rings. The third kappa shape index (κ3) is 3.08. The Morgan fingerprint density at radius 3 is 2.61 bits per heavy atom. The summed E-state index contributed by atoms with van der Waals surface area (Å²) >= 11 is 0. The lowest BCUT2D eigenvalue weighted by Gasteiger charge is -2.29. The van der Waals surface area contributed by atoms with Crippen LogP contribution < -0.4 is 0 Å². The Labute approximate surface area is 138 Å². The Bertz CT molecular complexity index is 792. The minimum Gasteiger partial charge on any atom is -0.449 e. The highest BCUT2D eigenvalue weighted by atomic mass is 32.2. The van der Waals surface area contributed by atoms with Gasteiger partial charge in [-0.2, -0.15) is 4.31 Å². The summed E-state index contributed by atoms with van der Waals surface area (Å²) < 4.78 is 33.3. The van der Waals surface area contributed by atoms with Crippen LogP contribution in [0.2, 0.25) is 0 Å². The molecule has 1 aromatic heterocycles. The van der Waals surface area contributed by atoms with E-state index in [-0.39, 0.29) is 17.1 Å². The molecule has 4 nitrogen and oxygen atoms in total. The number of hydrogen-bond donors (Lipinski definition) is 0. The number of fused-ring (bicyclic) bond motifs is 1. The highest BCUT2D eigenvalue weighted by Crippen LogP contribution is 2.39. The summed E-state index contributed by atoms with van der Waals surface area (Å²) in [6.07, 6.45) is 1.74. The maximum Gasteiger partial charge on any atom is 0.277 e. The Morgan fingerprint density at radius 2 is 1.96 bits per heavy atom. The van der Waals surface area contributed by atoms with Crippen molar-refractivity contribution in [1.82, 2.24) is 4.31 Å². The second-order valence-corrected chi connectivity index (χ2v) is 8.41. The van der Waals surface area contributed by atoms with Gasteiger partial charge < -0.3 is 4.42 Å². The third-order valence-electron chi connectivity index (χ3n) is 4.27. The molecule has 0 bridgehead atoms. The quantitative estimate of drug-likeness (QED) is 0.833. The zero-order valence-electron chi connectivity index (χ0n) is 13.8. The number of nitrogens with zero attached hydrogens (tertiary/aromatic N) is 1. The predicted octanol–water partition coefficient (Wildman–Crippen LogP) is 3.92. The van der Waals surface area contributed by atoms with Crippen LogP contribution in [0.5, 0.6) is 0 Å². The summed E-state index contributed by atoms with van der Waals surface area (Å²) in [6.45, 7) is 6.32. The van der Waals surface area contributed by atoms with Gasteiger partial charge in [-0.05, 0) is 48.9 Å². The van der Waals surface area contributed by atoms with Gasteiger partial charge in [0.05, 0.1) is 6.04 Å². The standard InChI is InChI=1S/C18H23NO3S/c1-13(2)12-19(23(20,21)18-11-8-14(3)22-18)17-10-9-15-6-4-5-7-16(15)17/h4-8,11,13,17H,9-10,12H2,1-3H3. The number of rotatable bonds is 5. The molecule has 1 heterocycles. The second-order valence-electron chi connectivity index (χ2n) is 6.59. The van der Waals surface area contributed by atoms with Gasteiger partial charge in [-0.25, -0.2) is 8.42 Å². The van der Waals surface area contributed by atoms with Crippen molar-refractivity contribution in [2.75, 3.05) is 6.54 Å². The van der Waals surface area contributed by atoms with Gasteiger partial charge in [0.2, 0.25) is 5.09 Å². The van der Waals surface area contributed by atoms with Gasteiger partial charge in [-0.15, -0.1) is 0 Å². The zero-order valence-corrected chi connectivity index (χ0v) is 14.6. The van der Waals surface area contributed by atoms with Crippen LogP contribution in [0.25, 0.3) is 0 Å². The fraction of sp³-hybridized carbons (Fsp3) is 0.444. The van der Waals surface area contributed by atoms with Crippen molar-refractivity contribution in [3.05, 3.63) is 53.3 Å². The fourth-order valence-corrected chi connectivity index (χ4v) is 5.01. The first kappa shape index (κ1) is 16.3. The number of sulfonamides is 1. The zero-order chi connectivity index (χ0) is 16.6. The molecule has 0 aliphatic heterocycles. The molecule has 0 radical (unpaired) electrons. The third-order valence-corrected chi connectivity index (χ3v) is 6.02. The molecule has 1 aromatic carbocycles. The van der Waals surface area contributed by atoms with E-state index < -0.39 is 10.0 Å². The average molecular weight is 333 g/mol. The van der Waals surface area contributed by atoms with E-state index in [2.05, 4.69) is 6.07 Å². The van der Waals surface area contributed by atoms with Gasteiger partial charge in [-0.1, -0.05) is 38.1 Å². The smallest absolute Gasteiger partial charge is 0.277 e. The Kier molecular flexibility index (Phi) is 4.34. The van der Waals surface area contributed by atoms with E-state index in [1.807, 2.05) is 32.0 Å². The molecule has 5 heteroatoms. The van der Waals surface area contributed by atoms with Crippen molar-refractivity contribution in [1.29, 1.82) is 0 Å². The minimum absolute atomic E-state index is 0.0417. The first-order valence-corrected chi connectivity index (χ1v) is 9.49. The van der Waals surface area contributed by atoms with Crippen LogP contribution in [0, 0.1) is 12.8 Å². The highest BCUT2D eigenvalue weighted by molar-refractivity contribution is 7.89. The molecule has 0 amide bonds. The van der Waals surface area contributed by atoms with Crippen LogP contribution >= 0.6 is 0 Å². The normalized spacial score (nSPS) is 17.9. The van der Waals surface area contributed by atoms with E-state index >= 15 is 0 Å². The van der Waals surface area contributed by atoms with Crippen LogP contribution in [0.4, 0.5) is 0 Å². The molecule has 0 N–H and O–H groups in total. The molecule has 0 saturated heterocycles. The predicted molar refractivity (Wildman–Crippen MR) is 89.7 cm³/mol. The first-order chi connectivity index (χ1) is 10.9. The van der Waals surface area contributed by atoms with E-state index in [1.54, 1.807) is 23.4 Å². The molecular formula is C18H23NO3S. The summed E-state index contributed by atoms with van der Waals surface area (Å²) in [6, 6.07) is 11.3. The molecule has 0 fully saturated rings. The monoisotopic (exact) mass is 333 g/mol. The van der Waals surface area contributed by atoms with Crippen LogP contribution in [0.15, 0.2) is 45.9 Å². The van der Waals surface area contributed by atoms with Crippen molar-refractivity contribution < 1.29 is 12.8 Å². The van der Waals surface area contributed by atoms with E-state index in [1.165, 1.54) is 5.56 Å². The highest BCUT2D eigenvalue weighted by Gasteiger charge is 2.37. The molecule has 0 spiro atoms. The van der Waals surface area contributed by atoms with Crippen LogP contribution in [0.1, 0.15) is 43.2 Å². The fourth-order valence-electron chi connectivity index (χ4n) is 3.25. The number of aryl methyl sites for hydroxylation is 2. The molecule has 1 atom stereocenters. The molecule has 1 aliphatic carbocycles. The maximum absolute atomic E-state index is 13.1. The molecular weight excluding hydrogens is 310 g/mol. The summed E-state index contributed by atoms with van der Waals surface area (Å²) in [4.78, 5) is 0. The van der Waals surface area contributed by atoms with Crippen LogP contribution in [-0.2, 0) is 16.4 Å². The van der Waals surface area contributed by atoms with E-state index in [4.69, 9.17) is 4.42 Å². The van der Waals surface area contributed by atoms with Crippen molar-refractivity contribution in [2.24, 2.45) is 5.92 Å². The lowest BCUT2D eigenvalue weighted by Crippen LogP contribution is -2.36. The first-order valence-electron chi connectivity index (χ1n) is 8.05. The molecule has 124 valence electrons. The Morgan fingerprint density at radius 1 is 1.22 bits per heavy atom. The van der Waals surface area contributed by atoms with Gasteiger partial charge in [0.25, 0.3) is 10.0 Å². The van der Waals surface area contributed by atoms with E-state index in [9.17, 15) is 8.42 Å². The van der Waals surface area contributed by atoms with Crippen molar-refractivity contribution in [3.63, 3.8) is 0 Å². The lowest BCUT2D eigenvalue weighted by atomic mass is 10.1. The molecule has 3 rings (SSSR count). The Balaban J connectivity index is 2.02. The second kappa shape index (κ2) is 6.13. The van der Waals surface area contributed by atoms with Crippen molar-refractivity contribution in [2.45, 2.75) is 44.7 Å². The largest absolute Gasteiger partial charge is 0.449 e. The number of benzene rings is 1. The maximum atomic E-state index is 13.1.